The van der Waals surface area contributed by atoms with Gasteiger partial charge in [0.05, 0.1) is 29.9 Å². The summed E-state index contributed by atoms with van der Waals surface area (Å²) in [4.78, 5) is 46.4. The number of hydrogen-bond acceptors (Lipinski definition) is 11. The number of benzene rings is 2. The number of phenolic OH excluding ortho intramolecular Hbond substituents is 2. The molecule has 0 unspecified atom stereocenters. The molecular formula is C22H18K2O11. The molecular weight excluding hydrogens is 518 g/mol. The van der Waals surface area contributed by atoms with E-state index in [1.807, 2.05) is 0 Å². The van der Waals surface area contributed by atoms with E-state index in [2.05, 4.69) is 0 Å². The fourth-order valence-corrected chi connectivity index (χ4v) is 4.21. The quantitative estimate of drug-likeness (QED) is 0.179. The van der Waals surface area contributed by atoms with Gasteiger partial charge in [0.1, 0.15) is 22.8 Å². The number of rotatable bonds is 2. The molecule has 2 atom stereocenters. The summed E-state index contributed by atoms with van der Waals surface area (Å²) in [5.74, 6) is -3.23. The van der Waals surface area contributed by atoms with E-state index in [0.717, 1.165) is 6.92 Å². The Kier molecular flexibility index (Phi) is 11.3. The number of fused-ring (bicyclic) bond motifs is 3. The molecule has 0 amide bonds. The van der Waals surface area contributed by atoms with Crippen molar-refractivity contribution in [3.8, 4) is 17.2 Å². The largest absolute Gasteiger partial charge is 1.00 e. The van der Waals surface area contributed by atoms with Crippen molar-refractivity contribution in [2.45, 2.75) is 31.5 Å². The van der Waals surface area contributed by atoms with Crippen LogP contribution in [0.25, 0.3) is 0 Å². The Morgan fingerprint density at radius 1 is 1.03 bits per heavy atom. The average Bonchev–Trinajstić information content (AvgIpc) is 2.73. The first-order chi connectivity index (χ1) is 15.4. The molecule has 2 aromatic rings. The summed E-state index contributed by atoms with van der Waals surface area (Å²) in [6.45, 7) is 1.14. The second-order valence-corrected chi connectivity index (χ2v) is 7.61. The van der Waals surface area contributed by atoms with Gasteiger partial charge in [-0.2, -0.15) is 0 Å². The molecule has 11 nitrogen and oxygen atoms in total. The van der Waals surface area contributed by atoms with Crippen LogP contribution in [0.3, 0.4) is 0 Å². The van der Waals surface area contributed by atoms with Gasteiger partial charge in [-0.25, -0.2) is 0 Å². The molecule has 2 aliphatic carbocycles. The van der Waals surface area contributed by atoms with Crippen LogP contribution >= 0.6 is 0 Å². The Hall–Kier alpha value is -0.687. The fourth-order valence-electron chi connectivity index (χ4n) is 4.21. The van der Waals surface area contributed by atoms with Gasteiger partial charge in [0.2, 0.25) is 5.78 Å². The minimum absolute atomic E-state index is 0. The number of aromatic hydroxyl groups is 2. The molecule has 2 aromatic carbocycles. The summed E-state index contributed by atoms with van der Waals surface area (Å²) in [5, 5.41) is 59.4. The first kappa shape index (κ1) is 32.3. The zero-order valence-corrected chi connectivity index (χ0v) is 25.6. The molecule has 0 spiro atoms. The van der Waals surface area contributed by atoms with E-state index in [-0.39, 0.29) is 131 Å². The average molecular weight is 537 g/mol. The smallest absolute Gasteiger partial charge is 0.652 e. The normalized spacial score (nSPS) is 19.4. The molecule has 0 bridgehead atoms. The number of ether oxygens (including phenoxy) is 1. The maximum Gasteiger partial charge on any atom is 1.00 e. The Balaban J connectivity index is 0.000000950. The number of aliphatic hydroxyl groups is 2. The van der Waals surface area contributed by atoms with E-state index in [0.29, 0.717) is 0 Å². The molecule has 4 rings (SSSR count). The van der Waals surface area contributed by atoms with E-state index >= 15 is 0 Å². The van der Waals surface area contributed by atoms with E-state index < -0.39 is 70.7 Å². The molecule has 0 saturated carbocycles. The molecule has 2 aliphatic rings. The van der Waals surface area contributed by atoms with Crippen molar-refractivity contribution < 1.29 is 157 Å². The van der Waals surface area contributed by atoms with Crippen LogP contribution in [0.15, 0.2) is 18.2 Å². The summed E-state index contributed by atoms with van der Waals surface area (Å²) in [7, 11) is 1.33. The molecule has 0 heterocycles. The van der Waals surface area contributed by atoms with Crippen molar-refractivity contribution in [3.63, 3.8) is 0 Å². The van der Waals surface area contributed by atoms with Crippen LogP contribution in [0.2, 0.25) is 0 Å². The van der Waals surface area contributed by atoms with Crippen LogP contribution in [-0.4, -0.2) is 56.6 Å². The Morgan fingerprint density at radius 3 is 2.09 bits per heavy atom. The summed E-state index contributed by atoms with van der Waals surface area (Å²) < 4.78 is 5.17. The Bertz CT molecular complexity index is 1220. The molecule has 0 aliphatic heterocycles. The van der Waals surface area contributed by atoms with Crippen LogP contribution in [-0.2, 0) is 11.2 Å². The number of Topliss-reactive ketones (excluding diaryl/α,β-unsaturated/α-hetero) is 1. The van der Waals surface area contributed by atoms with Crippen molar-refractivity contribution in [1.82, 2.24) is 0 Å². The van der Waals surface area contributed by atoms with Gasteiger partial charge >= 0.3 is 103 Å². The van der Waals surface area contributed by atoms with Crippen molar-refractivity contribution in [1.29, 1.82) is 0 Å². The first-order valence-electron chi connectivity index (χ1n) is 9.52. The Morgan fingerprint density at radius 2 is 1.57 bits per heavy atom. The number of hydrogen-bond donors (Lipinski definition) is 4. The van der Waals surface area contributed by atoms with Gasteiger partial charge in [0.25, 0.3) is 0 Å². The monoisotopic (exact) mass is 536 g/mol. The van der Waals surface area contributed by atoms with Crippen molar-refractivity contribution in [3.05, 3.63) is 51.6 Å². The predicted octanol–water partition coefficient (Wildman–Crippen LogP) is -7.26. The molecule has 0 aromatic heterocycles. The molecule has 0 saturated heterocycles. The zero-order chi connectivity index (χ0) is 24.8. The standard InChI is InChI=1S/C21H18O8.CH2O3.2K/c1-8(22)21(28)6-10-13(11(23)7-21)19(26)16-15(18(10)25)17(24)9-4-3-5-12(29-2)14(9)20(16)27;2-1(3)4;;/h3-5,11,23,25-26,28H,6-7H2,1-2H3;(H2,2,3,4);;/q;;2*+1/p-2/t11-,21-;;;/m0.../s1. The molecule has 0 fully saturated rings. The topological polar surface area (TPSA) is 205 Å². The van der Waals surface area contributed by atoms with E-state index in [4.69, 9.17) is 19.7 Å². The first-order valence-corrected chi connectivity index (χ1v) is 9.52. The third-order valence-electron chi connectivity index (χ3n) is 5.75. The number of carbonyl (C=O) groups is 4. The van der Waals surface area contributed by atoms with Gasteiger partial charge < -0.3 is 40.2 Å². The third-order valence-corrected chi connectivity index (χ3v) is 5.75. The molecule has 4 N–H and O–H groups in total. The molecule has 174 valence electrons. The van der Waals surface area contributed by atoms with Gasteiger partial charge in [-0.15, -0.1) is 0 Å². The fraction of sp³-hybridized carbons (Fsp3) is 0.273. The minimum Gasteiger partial charge on any atom is -0.652 e. The number of carbonyl (C=O) groups excluding carboxylic acids is 4. The summed E-state index contributed by atoms with van der Waals surface area (Å²) in [6.07, 6.45) is -4.68. The van der Waals surface area contributed by atoms with Crippen molar-refractivity contribution in [2.75, 3.05) is 7.11 Å². The van der Waals surface area contributed by atoms with Gasteiger partial charge in [-0.05, 0) is 19.1 Å². The Labute approximate surface area is 284 Å². The summed E-state index contributed by atoms with van der Waals surface area (Å²) in [5.41, 5.74) is -3.19. The van der Waals surface area contributed by atoms with Gasteiger partial charge in [-0.1, -0.05) is 12.1 Å². The van der Waals surface area contributed by atoms with Gasteiger partial charge in [0, 0.05) is 29.5 Å². The second kappa shape index (κ2) is 12.2. The predicted molar refractivity (Wildman–Crippen MR) is 104 cm³/mol. The van der Waals surface area contributed by atoms with Gasteiger partial charge in [-0.3, -0.25) is 14.4 Å². The van der Waals surface area contributed by atoms with Crippen LogP contribution in [0.5, 0.6) is 17.2 Å². The van der Waals surface area contributed by atoms with E-state index in [9.17, 15) is 34.8 Å². The maximum atomic E-state index is 13.1. The molecule has 13 heteroatoms. The van der Waals surface area contributed by atoms with E-state index in [1.165, 1.54) is 25.3 Å². The minimum atomic E-state index is -2.33. The van der Waals surface area contributed by atoms with Crippen LogP contribution in [0.1, 0.15) is 62.4 Å². The third kappa shape index (κ3) is 5.76. The van der Waals surface area contributed by atoms with Crippen LogP contribution in [0.4, 0.5) is 4.79 Å². The molecule has 35 heavy (non-hydrogen) atoms. The summed E-state index contributed by atoms with van der Waals surface area (Å²) >= 11 is 0. The van der Waals surface area contributed by atoms with Crippen molar-refractivity contribution in [2.24, 2.45) is 0 Å². The molecule has 0 radical (unpaired) electrons. The van der Waals surface area contributed by atoms with Gasteiger partial charge in [0.15, 0.2) is 11.6 Å². The second-order valence-electron chi connectivity index (χ2n) is 7.61. The number of ketones is 3. The SMILES string of the molecule is COc1cccc2c1C(=O)c1c(O)c3c(c(O)c1C2=O)C[C@@](O)(C(C)=O)C[C@@H]3O.O=C([O-])[O-].[K+].[K+]. The zero-order valence-electron chi connectivity index (χ0n) is 19.4. The van der Waals surface area contributed by atoms with Crippen LogP contribution < -0.4 is 118 Å². The number of methoxy groups -OCH3 is 1. The van der Waals surface area contributed by atoms with Crippen molar-refractivity contribution >= 4 is 23.5 Å². The van der Waals surface area contributed by atoms with E-state index in [1.54, 1.807) is 0 Å². The number of aliphatic hydroxyl groups excluding tert-OH is 1. The maximum absolute atomic E-state index is 13.1. The number of phenols is 2. The van der Waals surface area contributed by atoms with Crippen LogP contribution in [0, 0.1) is 0 Å². The number of carboxylic acid groups (broad SMARTS) is 2. The summed E-state index contributed by atoms with van der Waals surface area (Å²) in [6, 6.07) is 4.41.